The molecule has 1 atom stereocenters. The smallest absolute Gasteiger partial charge is 0.258 e. The zero-order valence-corrected chi connectivity index (χ0v) is 14.8. The van der Waals surface area contributed by atoms with E-state index in [0.717, 1.165) is 31.3 Å². The summed E-state index contributed by atoms with van der Waals surface area (Å²) in [5.74, 6) is 0.0807. The third-order valence-electron chi connectivity index (χ3n) is 4.20. The van der Waals surface area contributed by atoms with Gasteiger partial charge >= 0.3 is 0 Å². The maximum Gasteiger partial charge on any atom is 0.258 e. The molecule has 1 N–H and O–H groups in total. The van der Waals surface area contributed by atoms with E-state index in [1.807, 2.05) is 6.07 Å². The summed E-state index contributed by atoms with van der Waals surface area (Å²) in [5, 5.41) is 4.02. The van der Waals surface area contributed by atoms with Gasteiger partial charge in [0.15, 0.2) is 6.61 Å². The second-order valence-electron chi connectivity index (χ2n) is 6.06. The third-order valence-corrected chi connectivity index (χ3v) is 4.53. The van der Waals surface area contributed by atoms with Crippen LogP contribution in [0.25, 0.3) is 10.9 Å². The molecule has 0 spiro atoms. The SMILES string of the molecule is C[C@@H](NC(=O)COc1ccc(Cl)c2cccnc12)C(=O)N1CCCC1. The van der Waals surface area contributed by atoms with Crippen molar-refractivity contribution in [3.05, 3.63) is 35.5 Å². The number of pyridine rings is 1. The van der Waals surface area contributed by atoms with E-state index < -0.39 is 6.04 Å². The predicted molar refractivity (Wildman–Crippen MR) is 95.7 cm³/mol. The predicted octanol–water partition coefficient (Wildman–Crippen LogP) is 2.39. The maximum atomic E-state index is 12.2. The fraction of sp³-hybridized carbons (Fsp3) is 0.389. The molecule has 1 saturated heterocycles. The molecule has 2 aromatic rings. The zero-order valence-electron chi connectivity index (χ0n) is 14.0. The first-order valence-corrected chi connectivity index (χ1v) is 8.68. The van der Waals surface area contributed by atoms with Crippen LogP contribution in [0.4, 0.5) is 0 Å². The number of ether oxygens (including phenoxy) is 1. The van der Waals surface area contributed by atoms with Gasteiger partial charge in [0.1, 0.15) is 17.3 Å². The average molecular weight is 362 g/mol. The molecule has 7 heteroatoms. The molecule has 0 aliphatic carbocycles. The number of carbonyl (C=O) groups is 2. The number of fused-ring (bicyclic) bond motifs is 1. The summed E-state index contributed by atoms with van der Waals surface area (Å²) < 4.78 is 5.58. The van der Waals surface area contributed by atoms with Crippen LogP contribution in [-0.4, -0.2) is 47.4 Å². The first-order chi connectivity index (χ1) is 12.1. The first-order valence-electron chi connectivity index (χ1n) is 8.30. The highest BCUT2D eigenvalue weighted by atomic mass is 35.5. The molecule has 25 heavy (non-hydrogen) atoms. The van der Waals surface area contributed by atoms with Crippen molar-refractivity contribution in [2.45, 2.75) is 25.8 Å². The van der Waals surface area contributed by atoms with Gasteiger partial charge in [0.25, 0.3) is 5.91 Å². The van der Waals surface area contributed by atoms with E-state index in [1.54, 1.807) is 36.2 Å². The topological polar surface area (TPSA) is 71.5 Å². The van der Waals surface area contributed by atoms with Crippen molar-refractivity contribution in [1.82, 2.24) is 15.2 Å². The van der Waals surface area contributed by atoms with Crippen molar-refractivity contribution in [3.8, 4) is 5.75 Å². The fourth-order valence-electron chi connectivity index (χ4n) is 2.93. The van der Waals surface area contributed by atoms with Crippen molar-refractivity contribution in [3.63, 3.8) is 0 Å². The Morgan fingerprint density at radius 3 is 2.84 bits per heavy atom. The first kappa shape index (κ1) is 17.5. The molecular weight excluding hydrogens is 342 g/mol. The van der Waals surface area contributed by atoms with Crippen molar-refractivity contribution in [2.75, 3.05) is 19.7 Å². The molecule has 0 radical (unpaired) electrons. The molecule has 1 aliphatic rings. The minimum Gasteiger partial charge on any atom is -0.481 e. The molecule has 2 heterocycles. The molecule has 0 unspecified atom stereocenters. The normalized spacial score (nSPS) is 15.2. The van der Waals surface area contributed by atoms with Crippen LogP contribution in [0.15, 0.2) is 30.5 Å². The van der Waals surface area contributed by atoms with Gasteiger partial charge in [-0.2, -0.15) is 0 Å². The summed E-state index contributed by atoms with van der Waals surface area (Å²) in [6, 6.07) is 6.46. The van der Waals surface area contributed by atoms with E-state index in [9.17, 15) is 9.59 Å². The molecule has 1 aromatic heterocycles. The molecule has 6 nitrogen and oxygen atoms in total. The van der Waals surface area contributed by atoms with E-state index in [4.69, 9.17) is 16.3 Å². The number of likely N-dealkylation sites (tertiary alicyclic amines) is 1. The maximum absolute atomic E-state index is 12.2. The summed E-state index contributed by atoms with van der Waals surface area (Å²) >= 11 is 6.14. The van der Waals surface area contributed by atoms with Gasteiger partial charge in [-0.25, -0.2) is 0 Å². The fourth-order valence-corrected chi connectivity index (χ4v) is 3.14. The van der Waals surface area contributed by atoms with Crippen molar-refractivity contribution >= 4 is 34.3 Å². The van der Waals surface area contributed by atoms with Crippen LogP contribution in [0, 0.1) is 0 Å². The quantitative estimate of drug-likeness (QED) is 0.887. The number of nitrogens with one attached hydrogen (secondary N) is 1. The highest BCUT2D eigenvalue weighted by Crippen LogP contribution is 2.29. The van der Waals surface area contributed by atoms with Crippen LogP contribution in [0.1, 0.15) is 19.8 Å². The number of hydrogen-bond acceptors (Lipinski definition) is 4. The summed E-state index contributed by atoms with van der Waals surface area (Å²) in [7, 11) is 0. The number of aromatic nitrogens is 1. The van der Waals surface area contributed by atoms with Gasteiger partial charge in [-0.3, -0.25) is 14.6 Å². The second-order valence-corrected chi connectivity index (χ2v) is 6.46. The van der Waals surface area contributed by atoms with Gasteiger partial charge in [0, 0.05) is 24.7 Å². The zero-order chi connectivity index (χ0) is 17.8. The van der Waals surface area contributed by atoms with Crippen LogP contribution in [0.2, 0.25) is 5.02 Å². The lowest BCUT2D eigenvalue weighted by molar-refractivity contribution is -0.135. The lowest BCUT2D eigenvalue weighted by atomic mass is 10.2. The Morgan fingerprint density at radius 1 is 1.32 bits per heavy atom. The standard InChI is InChI=1S/C18H20ClN3O3/c1-12(18(24)22-9-2-3-10-22)21-16(23)11-25-15-7-6-14(19)13-5-4-8-20-17(13)15/h4-8,12H,2-3,9-11H2,1H3,(H,21,23)/t12-/m1/s1. The van der Waals surface area contributed by atoms with Gasteiger partial charge in [-0.1, -0.05) is 11.6 Å². The Bertz CT molecular complexity index is 790. The van der Waals surface area contributed by atoms with Crippen molar-refractivity contribution in [2.24, 2.45) is 0 Å². The van der Waals surface area contributed by atoms with E-state index >= 15 is 0 Å². The lowest BCUT2D eigenvalue weighted by Gasteiger charge is -2.21. The minimum absolute atomic E-state index is 0.0514. The Balaban J connectivity index is 1.59. The number of carbonyl (C=O) groups excluding carboxylic acids is 2. The van der Waals surface area contributed by atoms with E-state index in [0.29, 0.717) is 16.3 Å². The van der Waals surface area contributed by atoms with E-state index in [2.05, 4.69) is 10.3 Å². The Morgan fingerprint density at radius 2 is 2.08 bits per heavy atom. The third kappa shape index (κ3) is 4.02. The van der Waals surface area contributed by atoms with Gasteiger partial charge in [-0.15, -0.1) is 0 Å². The summed E-state index contributed by atoms with van der Waals surface area (Å²) in [5.41, 5.74) is 0.601. The van der Waals surface area contributed by atoms with Gasteiger partial charge in [-0.05, 0) is 44.0 Å². The number of halogens is 1. The number of nitrogens with zero attached hydrogens (tertiary/aromatic N) is 2. The number of rotatable bonds is 5. The van der Waals surface area contributed by atoms with Gasteiger partial charge < -0.3 is 15.0 Å². The minimum atomic E-state index is -0.561. The number of benzene rings is 1. The van der Waals surface area contributed by atoms with Crippen LogP contribution < -0.4 is 10.1 Å². The highest BCUT2D eigenvalue weighted by Gasteiger charge is 2.24. The van der Waals surface area contributed by atoms with Crippen molar-refractivity contribution in [1.29, 1.82) is 0 Å². The summed E-state index contributed by atoms with van der Waals surface area (Å²) in [4.78, 5) is 30.3. The Kier molecular flexibility index (Phi) is 5.38. The summed E-state index contributed by atoms with van der Waals surface area (Å²) in [6.07, 6.45) is 3.68. The van der Waals surface area contributed by atoms with E-state index in [-0.39, 0.29) is 18.4 Å². The molecule has 132 valence electrons. The largest absolute Gasteiger partial charge is 0.481 e. The molecule has 1 aliphatic heterocycles. The second kappa shape index (κ2) is 7.70. The number of hydrogen-bond donors (Lipinski definition) is 1. The molecule has 2 amide bonds. The Labute approximate surface area is 151 Å². The molecular formula is C18H20ClN3O3. The average Bonchev–Trinajstić information content (AvgIpc) is 3.15. The Hall–Kier alpha value is -2.34. The molecule has 0 saturated carbocycles. The highest BCUT2D eigenvalue weighted by molar-refractivity contribution is 6.35. The van der Waals surface area contributed by atoms with Crippen LogP contribution in [0.5, 0.6) is 5.75 Å². The molecule has 3 rings (SSSR count). The number of amides is 2. The monoisotopic (exact) mass is 361 g/mol. The molecule has 1 aromatic carbocycles. The van der Waals surface area contributed by atoms with Gasteiger partial charge in [0.05, 0.1) is 5.02 Å². The van der Waals surface area contributed by atoms with E-state index in [1.165, 1.54) is 0 Å². The molecule has 1 fully saturated rings. The lowest BCUT2D eigenvalue weighted by Crippen LogP contribution is -2.47. The van der Waals surface area contributed by atoms with Crippen LogP contribution in [0.3, 0.4) is 0 Å². The van der Waals surface area contributed by atoms with Crippen molar-refractivity contribution < 1.29 is 14.3 Å². The van der Waals surface area contributed by atoms with Gasteiger partial charge in [0.2, 0.25) is 5.91 Å². The van der Waals surface area contributed by atoms with Crippen LogP contribution in [-0.2, 0) is 9.59 Å². The summed E-state index contributed by atoms with van der Waals surface area (Å²) in [6.45, 7) is 3.03. The molecule has 0 bridgehead atoms. The van der Waals surface area contributed by atoms with Crippen LogP contribution >= 0.6 is 11.6 Å².